The molecule has 4 nitrogen and oxygen atoms in total. The molecule has 192 valence electrons. The first-order chi connectivity index (χ1) is 16.6. The van der Waals surface area contributed by atoms with Crippen LogP contribution in [-0.2, 0) is 12.2 Å². The van der Waals surface area contributed by atoms with Gasteiger partial charge >= 0.3 is 12.2 Å². The van der Waals surface area contributed by atoms with Crippen molar-refractivity contribution in [3.05, 3.63) is 83.4 Å². The molecule has 0 radical (unpaired) electrons. The lowest BCUT2D eigenvalue weighted by molar-refractivity contribution is -0.188. The Morgan fingerprint density at radius 2 is 0.914 bits per heavy atom. The fraction of sp³-hybridized carbons (Fsp3) is 0.333. The van der Waals surface area contributed by atoms with E-state index in [0.29, 0.717) is 11.5 Å². The molecule has 0 heterocycles. The molecule has 8 heteroatoms. The van der Waals surface area contributed by atoms with Gasteiger partial charge in [-0.3, -0.25) is 0 Å². The molecular weight excluding hydrogens is 464 g/mol. The SMILES string of the molecule is CC.CC.COc1ccc(C(F)(F)Oc2ccc(OC(F)(F)c3ccc(OC)cc3)c(C)c2)cc1. The molecule has 0 bridgehead atoms. The number of methoxy groups -OCH3 is 2. The minimum atomic E-state index is -3.63. The van der Waals surface area contributed by atoms with Gasteiger partial charge in [-0.15, -0.1) is 0 Å². The molecule has 0 aliphatic carbocycles. The summed E-state index contributed by atoms with van der Waals surface area (Å²) in [7, 11) is 2.85. The number of rotatable bonds is 8. The standard InChI is InChI=1S/C23H20F4O4.2C2H6/c1-15-14-20(30-22(24,25)16-4-8-18(28-2)9-5-16)12-13-21(15)31-23(26,27)17-6-10-19(29-3)11-7-17;2*1-2/h4-14H,1-3H3;2*1-2H3. The molecule has 0 aliphatic rings. The van der Waals surface area contributed by atoms with Crippen LogP contribution < -0.4 is 18.9 Å². The highest BCUT2D eigenvalue weighted by atomic mass is 19.3. The van der Waals surface area contributed by atoms with Crippen molar-refractivity contribution >= 4 is 0 Å². The topological polar surface area (TPSA) is 36.9 Å². The molecule has 0 saturated heterocycles. The van der Waals surface area contributed by atoms with Gasteiger partial charge in [0.1, 0.15) is 23.0 Å². The summed E-state index contributed by atoms with van der Waals surface area (Å²) in [5.74, 6) is 0.490. The zero-order valence-corrected chi connectivity index (χ0v) is 21.0. The van der Waals surface area contributed by atoms with E-state index in [1.54, 1.807) is 0 Å². The monoisotopic (exact) mass is 496 g/mol. The van der Waals surface area contributed by atoms with Crippen LogP contribution in [0.15, 0.2) is 66.7 Å². The predicted molar refractivity (Wildman–Crippen MR) is 129 cm³/mol. The molecule has 0 spiro atoms. The highest BCUT2D eigenvalue weighted by Crippen LogP contribution is 2.37. The Hall–Kier alpha value is -3.42. The van der Waals surface area contributed by atoms with Crippen molar-refractivity contribution in [1.29, 1.82) is 0 Å². The van der Waals surface area contributed by atoms with E-state index in [1.165, 1.54) is 75.7 Å². The van der Waals surface area contributed by atoms with Crippen LogP contribution in [0.3, 0.4) is 0 Å². The van der Waals surface area contributed by atoms with E-state index in [-0.39, 0.29) is 28.2 Å². The van der Waals surface area contributed by atoms with Gasteiger partial charge in [0, 0.05) is 0 Å². The fourth-order valence-corrected chi connectivity index (χ4v) is 2.77. The van der Waals surface area contributed by atoms with Crippen molar-refractivity contribution in [2.45, 2.75) is 46.8 Å². The number of hydrogen-bond acceptors (Lipinski definition) is 4. The average Bonchev–Trinajstić information content (AvgIpc) is 2.88. The van der Waals surface area contributed by atoms with Crippen LogP contribution in [0.4, 0.5) is 17.6 Å². The zero-order chi connectivity index (χ0) is 26.6. The fourth-order valence-electron chi connectivity index (χ4n) is 2.77. The lowest BCUT2D eigenvalue weighted by Gasteiger charge is -2.21. The maximum absolute atomic E-state index is 14.5. The summed E-state index contributed by atoms with van der Waals surface area (Å²) >= 11 is 0. The third-order valence-electron chi connectivity index (χ3n) is 4.48. The van der Waals surface area contributed by atoms with E-state index in [4.69, 9.17) is 18.9 Å². The lowest BCUT2D eigenvalue weighted by Crippen LogP contribution is -2.23. The van der Waals surface area contributed by atoms with Gasteiger partial charge in [-0.1, -0.05) is 27.7 Å². The Bertz CT molecular complexity index is 1020. The maximum atomic E-state index is 14.5. The van der Waals surface area contributed by atoms with E-state index >= 15 is 0 Å². The van der Waals surface area contributed by atoms with Crippen molar-refractivity contribution < 1.29 is 36.5 Å². The van der Waals surface area contributed by atoms with E-state index in [2.05, 4.69) is 0 Å². The number of ether oxygens (including phenoxy) is 4. The molecule has 3 aromatic carbocycles. The average molecular weight is 497 g/mol. The summed E-state index contributed by atoms with van der Waals surface area (Å²) in [4.78, 5) is 0. The summed E-state index contributed by atoms with van der Waals surface area (Å²) in [6.07, 6.45) is -7.26. The number of halogens is 4. The van der Waals surface area contributed by atoms with E-state index < -0.39 is 12.2 Å². The van der Waals surface area contributed by atoms with Crippen LogP contribution in [0.2, 0.25) is 0 Å². The quantitative estimate of drug-likeness (QED) is 0.294. The van der Waals surface area contributed by atoms with Crippen molar-refractivity contribution in [1.82, 2.24) is 0 Å². The molecule has 35 heavy (non-hydrogen) atoms. The van der Waals surface area contributed by atoms with Gasteiger partial charge in [0.2, 0.25) is 0 Å². The molecule has 0 fully saturated rings. The van der Waals surface area contributed by atoms with E-state index in [0.717, 1.165) is 12.1 Å². The smallest absolute Gasteiger partial charge is 0.426 e. The Balaban J connectivity index is 0.00000145. The minimum absolute atomic E-state index is 0.166. The van der Waals surface area contributed by atoms with Crippen LogP contribution in [-0.4, -0.2) is 14.2 Å². The Morgan fingerprint density at radius 3 is 1.29 bits per heavy atom. The third-order valence-corrected chi connectivity index (χ3v) is 4.48. The molecule has 0 saturated carbocycles. The van der Waals surface area contributed by atoms with Crippen LogP contribution in [0, 0.1) is 6.92 Å². The number of alkyl halides is 4. The van der Waals surface area contributed by atoms with Gasteiger partial charge in [0.15, 0.2) is 0 Å². The van der Waals surface area contributed by atoms with Gasteiger partial charge in [-0.05, 0) is 79.2 Å². The molecule has 0 amide bonds. The molecular formula is C27H32F4O4. The zero-order valence-electron chi connectivity index (χ0n) is 21.0. The normalized spacial score (nSPS) is 10.7. The van der Waals surface area contributed by atoms with Crippen LogP contribution in [0.25, 0.3) is 0 Å². The molecule has 0 aliphatic heterocycles. The first-order valence-corrected chi connectivity index (χ1v) is 11.2. The molecule has 0 unspecified atom stereocenters. The lowest BCUT2D eigenvalue weighted by atomic mass is 10.1. The molecule has 0 aromatic heterocycles. The number of aryl methyl sites for hydroxylation is 1. The van der Waals surface area contributed by atoms with Crippen LogP contribution in [0.1, 0.15) is 44.4 Å². The summed E-state index contributed by atoms with van der Waals surface area (Å²) in [6, 6.07) is 13.8. The molecule has 3 rings (SSSR count). The Labute approximate surface area is 204 Å². The van der Waals surface area contributed by atoms with Crippen LogP contribution in [0.5, 0.6) is 23.0 Å². The minimum Gasteiger partial charge on any atom is -0.497 e. The third kappa shape index (κ3) is 8.09. The van der Waals surface area contributed by atoms with Crippen molar-refractivity contribution in [2.75, 3.05) is 14.2 Å². The Morgan fingerprint density at radius 1 is 0.543 bits per heavy atom. The van der Waals surface area contributed by atoms with Crippen molar-refractivity contribution in [3.8, 4) is 23.0 Å². The van der Waals surface area contributed by atoms with Gasteiger partial charge in [0.05, 0.1) is 25.3 Å². The van der Waals surface area contributed by atoms with E-state index in [9.17, 15) is 17.6 Å². The van der Waals surface area contributed by atoms with Crippen LogP contribution >= 0.6 is 0 Å². The summed E-state index contributed by atoms with van der Waals surface area (Å²) in [5, 5.41) is 0. The molecule has 3 aromatic rings. The van der Waals surface area contributed by atoms with E-state index in [1.807, 2.05) is 27.7 Å². The Kier molecular flexibility index (Phi) is 11.4. The van der Waals surface area contributed by atoms with Gasteiger partial charge in [-0.2, -0.15) is 17.6 Å². The molecule has 0 N–H and O–H groups in total. The van der Waals surface area contributed by atoms with Gasteiger partial charge < -0.3 is 18.9 Å². The second-order valence-electron chi connectivity index (χ2n) is 6.62. The summed E-state index contributed by atoms with van der Waals surface area (Å²) in [6.45, 7) is 9.46. The highest BCUT2D eigenvalue weighted by molar-refractivity contribution is 5.41. The first-order valence-electron chi connectivity index (χ1n) is 11.2. The predicted octanol–water partition coefficient (Wildman–Crippen LogP) is 8.32. The second-order valence-corrected chi connectivity index (χ2v) is 6.62. The van der Waals surface area contributed by atoms with Crippen molar-refractivity contribution in [3.63, 3.8) is 0 Å². The summed E-state index contributed by atoms with van der Waals surface area (Å²) in [5.41, 5.74) is -0.549. The number of benzene rings is 3. The molecule has 0 atom stereocenters. The van der Waals surface area contributed by atoms with Gasteiger partial charge in [0.25, 0.3) is 0 Å². The summed E-state index contributed by atoms with van der Waals surface area (Å²) < 4.78 is 77.4. The second kappa shape index (κ2) is 13.5. The largest absolute Gasteiger partial charge is 0.497 e. The highest BCUT2D eigenvalue weighted by Gasteiger charge is 2.36. The number of hydrogen-bond donors (Lipinski definition) is 0. The van der Waals surface area contributed by atoms with Gasteiger partial charge in [-0.25, -0.2) is 0 Å². The maximum Gasteiger partial charge on any atom is 0.426 e. The first kappa shape index (κ1) is 29.6. The van der Waals surface area contributed by atoms with Crippen molar-refractivity contribution in [2.24, 2.45) is 0 Å².